The number of fused-ring (bicyclic) bond motifs is 1. The van der Waals surface area contributed by atoms with E-state index in [1.165, 1.54) is 4.90 Å². The van der Waals surface area contributed by atoms with E-state index in [4.69, 9.17) is 5.11 Å². The second kappa shape index (κ2) is 5.09. The zero-order chi connectivity index (χ0) is 15.1. The molecule has 2 aromatic rings. The van der Waals surface area contributed by atoms with Crippen LogP contribution in [0.25, 0.3) is 0 Å². The van der Waals surface area contributed by atoms with Crippen molar-refractivity contribution in [1.82, 2.24) is 0 Å². The molecule has 7 heteroatoms. The zero-order valence-corrected chi connectivity index (χ0v) is 12.9. The van der Waals surface area contributed by atoms with Crippen LogP contribution >= 0.6 is 27.3 Å². The van der Waals surface area contributed by atoms with E-state index in [9.17, 15) is 14.4 Å². The molecule has 1 aliphatic rings. The summed E-state index contributed by atoms with van der Waals surface area (Å²) in [5, 5.41) is 10.8. The van der Waals surface area contributed by atoms with Gasteiger partial charge in [-0.05, 0) is 35.2 Å². The number of carboxylic acid groups (broad SMARTS) is 1. The molecule has 106 valence electrons. The van der Waals surface area contributed by atoms with Gasteiger partial charge in [-0.3, -0.25) is 9.59 Å². The molecule has 21 heavy (non-hydrogen) atoms. The number of hydrogen-bond donors (Lipinski definition) is 1. The lowest BCUT2D eigenvalue weighted by Gasteiger charge is -2.16. The third kappa shape index (κ3) is 2.28. The van der Waals surface area contributed by atoms with E-state index >= 15 is 0 Å². The maximum absolute atomic E-state index is 12.1. The molecule has 0 unspecified atom stereocenters. The number of carbonyl (C=O) groups excluding carboxylic acids is 2. The van der Waals surface area contributed by atoms with Crippen LogP contribution in [-0.4, -0.2) is 22.8 Å². The second-order valence-corrected chi connectivity index (χ2v) is 6.29. The van der Waals surface area contributed by atoms with Gasteiger partial charge >= 0.3 is 5.97 Å². The predicted molar refractivity (Wildman–Crippen MR) is 80.9 cm³/mol. The molecule has 0 aliphatic carbocycles. The topological polar surface area (TPSA) is 74.7 Å². The van der Waals surface area contributed by atoms with Gasteiger partial charge in [0.05, 0.1) is 17.8 Å². The summed E-state index contributed by atoms with van der Waals surface area (Å²) in [7, 11) is 0. The highest BCUT2D eigenvalue weighted by atomic mass is 79.9. The standard InChI is InChI=1S/C14H8BrNO4S/c15-8-1-2-9-10(5-8)16(13(18)11(9)17)6-7-3-4-21-12(7)14(19)20/h1-5H,6H2,(H,19,20). The van der Waals surface area contributed by atoms with Crippen LogP contribution in [0, 0.1) is 0 Å². The Kier molecular flexibility index (Phi) is 3.38. The van der Waals surface area contributed by atoms with Gasteiger partial charge in [0.15, 0.2) is 0 Å². The molecule has 0 fully saturated rings. The van der Waals surface area contributed by atoms with Crippen LogP contribution in [0.5, 0.6) is 0 Å². The molecule has 0 radical (unpaired) electrons. The van der Waals surface area contributed by atoms with E-state index in [-0.39, 0.29) is 11.4 Å². The molecule has 0 atom stereocenters. The van der Waals surface area contributed by atoms with Crippen molar-refractivity contribution in [2.24, 2.45) is 0 Å². The molecule has 1 aliphatic heterocycles. The molecule has 1 amide bonds. The van der Waals surface area contributed by atoms with Crippen molar-refractivity contribution >= 4 is 50.6 Å². The number of rotatable bonds is 3. The summed E-state index contributed by atoms with van der Waals surface area (Å²) in [6, 6.07) is 6.62. The monoisotopic (exact) mass is 365 g/mol. The van der Waals surface area contributed by atoms with Gasteiger partial charge in [0.25, 0.3) is 11.7 Å². The van der Waals surface area contributed by atoms with Crippen molar-refractivity contribution in [3.63, 3.8) is 0 Å². The first-order valence-electron chi connectivity index (χ1n) is 5.94. The molecule has 2 heterocycles. The number of thiophene rings is 1. The van der Waals surface area contributed by atoms with Crippen LogP contribution in [0.1, 0.15) is 25.6 Å². The van der Waals surface area contributed by atoms with Crippen LogP contribution < -0.4 is 4.90 Å². The molecule has 0 bridgehead atoms. The zero-order valence-electron chi connectivity index (χ0n) is 10.5. The van der Waals surface area contributed by atoms with Gasteiger partial charge in [0.1, 0.15) is 4.88 Å². The van der Waals surface area contributed by atoms with Gasteiger partial charge in [0.2, 0.25) is 0 Å². The summed E-state index contributed by atoms with van der Waals surface area (Å²) in [6.07, 6.45) is 0. The SMILES string of the molecule is O=C1C(=O)N(Cc2ccsc2C(=O)O)c2cc(Br)ccc21. The van der Waals surface area contributed by atoms with E-state index in [0.717, 1.165) is 15.8 Å². The number of hydrogen-bond acceptors (Lipinski definition) is 4. The van der Waals surface area contributed by atoms with Crippen LogP contribution in [0.2, 0.25) is 0 Å². The maximum Gasteiger partial charge on any atom is 0.346 e. The molecule has 0 saturated carbocycles. The summed E-state index contributed by atoms with van der Waals surface area (Å²) in [5.41, 5.74) is 1.36. The number of halogens is 1. The third-order valence-corrected chi connectivity index (χ3v) is 4.64. The largest absolute Gasteiger partial charge is 0.477 e. The Morgan fingerprint density at radius 2 is 2.05 bits per heavy atom. The number of aromatic carboxylic acids is 1. The quantitative estimate of drug-likeness (QED) is 0.848. The third-order valence-electron chi connectivity index (χ3n) is 3.20. The number of carboxylic acids is 1. The first-order chi connectivity index (χ1) is 9.99. The van der Waals surface area contributed by atoms with Gasteiger partial charge in [0, 0.05) is 4.47 Å². The van der Waals surface area contributed by atoms with E-state index in [1.54, 1.807) is 29.6 Å². The van der Waals surface area contributed by atoms with E-state index < -0.39 is 17.7 Å². The first kappa shape index (κ1) is 14.0. The average Bonchev–Trinajstić information content (AvgIpc) is 2.99. The van der Waals surface area contributed by atoms with Crippen molar-refractivity contribution in [1.29, 1.82) is 0 Å². The molecule has 0 spiro atoms. The van der Waals surface area contributed by atoms with Crippen LogP contribution in [0.3, 0.4) is 0 Å². The van der Waals surface area contributed by atoms with Gasteiger partial charge in [-0.15, -0.1) is 11.3 Å². The Morgan fingerprint density at radius 1 is 1.29 bits per heavy atom. The number of carbonyl (C=O) groups is 3. The summed E-state index contributed by atoms with van der Waals surface area (Å²) in [5.74, 6) is -2.23. The normalized spacial score (nSPS) is 13.7. The van der Waals surface area contributed by atoms with Crippen molar-refractivity contribution in [2.75, 3.05) is 4.90 Å². The highest BCUT2D eigenvalue weighted by molar-refractivity contribution is 9.10. The average molecular weight is 366 g/mol. The van der Waals surface area contributed by atoms with Crippen LogP contribution in [-0.2, 0) is 11.3 Å². The molecular formula is C14H8BrNO4S. The lowest BCUT2D eigenvalue weighted by Crippen LogP contribution is -2.29. The number of nitrogens with zero attached hydrogens (tertiary/aromatic N) is 1. The van der Waals surface area contributed by atoms with Gasteiger partial charge in [-0.2, -0.15) is 0 Å². The highest BCUT2D eigenvalue weighted by Gasteiger charge is 2.36. The smallest absolute Gasteiger partial charge is 0.346 e. The minimum atomic E-state index is -1.03. The highest BCUT2D eigenvalue weighted by Crippen LogP contribution is 2.33. The Labute approximate surface area is 131 Å². The number of benzene rings is 1. The van der Waals surface area contributed by atoms with Crippen LogP contribution in [0.15, 0.2) is 34.1 Å². The summed E-state index contributed by atoms with van der Waals surface area (Å²) >= 11 is 4.40. The fraction of sp³-hybridized carbons (Fsp3) is 0.0714. The van der Waals surface area contributed by atoms with Gasteiger partial charge in [-0.1, -0.05) is 15.9 Å². The van der Waals surface area contributed by atoms with Gasteiger partial charge in [-0.25, -0.2) is 4.79 Å². The molecule has 0 saturated heterocycles. The Balaban J connectivity index is 2.02. The second-order valence-electron chi connectivity index (χ2n) is 4.46. The molecular weight excluding hydrogens is 358 g/mol. The summed E-state index contributed by atoms with van der Waals surface area (Å²) in [4.78, 5) is 36.7. The van der Waals surface area contributed by atoms with Crippen molar-refractivity contribution < 1.29 is 19.5 Å². The Hall–Kier alpha value is -1.99. The minimum Gasteiger partial charge on any atom is -0.477 e. The number of anilines is 1. The van der Waals surface area contributed by atoms with Crippen molar-refractivity contribution in [3.8, 4) is 0 Å². The molecule has 1 aromatic carbocycles. The fourth-order valence-corrected chi connectivity index (χ4v) is 3.34. The molecule has 1 aromatic heterocycles. The van der Waals surface area contributed by atoms with Crippen molar-refractivity contribution in [2.45, 2.75) is 6.54 Å². The number of amides is 1. The van der Waals surface area contributed by atoms with E-state index in [2.05, 4.69) is 15.9 Å². The Morgan fingerprint density at radius 3 is 2.76 bits per heavy atom. The summed E-state index contributed by atoms with van der Waals surface area (Å²) in [6.45, 7) is 0.0686. The summed E-state index contributed by atoms with van der Waals surface area (Å²) < 4.78 is 0.748. The minimum absolute atomic E-state index is 0.0686. The van der Waals surface area contributed by atoms with E-state index in [0.29, 0.717) is 16.8 Å². The lowest BCUT2D eigenvalue weighted by molar-refractivity contribution is -0.114. The number of Topliss-reactive ketones (excluding diaryl/α,β-unsaturated/α-hetero) is 1. The first-order valence-corrected chi connectivity index (χ1v) is 7.61. The van der Waals surface area contributed by atoms with Crippen molar-refractivity contribution in [3.05, 3.63) is 50.1 Å². The van der Waals surface area contributed by atoms with Crippen LogP contribution in [0.4, 0.5) is 5.69 Å². The number of ketones is 1. The Bertz CT molecular complexity index is 783. The predicted octanol–water partition coefficient (Wildman–Crippen LogP) is 2.94. The lowest BCUT2D eigenvalue weighted by atomic mass is 10.1. The molecule has 3 rings (SSSR count). The molecule has 1 N–H and O–H groups in total. The van der Waals surface area contributed by atoms with E-state index in [1.807, 2.05) is 0 Å². The molecule has 5 nitrogen and oxygen atoms in total. The van der Waals surface area contributed by atoms with Gasteiger partial charge < -0.3 is 10.0 Å². The fourth-order valence-electron chi connectivity index (χ4n) is 2.24. The maximum atomic E-state index is 12.1.